The smallest absolute Gasteiger partial charge is 0.333 e. The molecule has 0 amide bonds. The van der Waals surface area contributed by atoms with Gasteiger partial charge in [-0.25, -0.2) is 4.98 Å². The summed E-state index contributed by atoms with van der Waals surface area (Å²) >= 11 is 15.7. The van der Waals surface area contributed by atoms with Crippen molar-refractivity contribution in [3.63, 3.8) is 0 Å². The van der Waals surface area contributed by atoms with Crippen LogP contribution in [0, 0.1) is 6.92 Å². The summed E-state index contributed by atoms with van der Waals surface area (Å²) in [5.41, 5.74) is 0.0415. The van der Waals surface area contributed by atoms with Crippen molar-refractivity contribution in [2.75, 3.05) is 0 Å². The van der Waals surface area contributed by atoms with E-state index >= 15 is 0 Å². The molecule has 0 atom stereocenters. The number of aromatic nitrogens is 2. The lowest BCUT2D eigenvalue weighted by molar-refractivity contribution is -0.141. The van der Waals surface area contributed by atoms with Crippen molar-refractivity contribution in [1.29, 1.82) is 0 Å². The summed E-state index contributed by atoms with van der Waals surface area (Å²) in [5.74, 6) is 0.0415. The van der Waals surface area contributed by atoms with E-state index in [-0.39, 0.29) is 10.4 Å². The maximum atomic E-state index is 12.6. The Bertz CT molecular complexity index is 606. The molecule has 0 aliphatic rings. The Kier molecular flexibility index (Phi) is 3.70. The summed E-state index contributed by atoms with van der Waals surface area (Å²) < 4.78 is 38.3. The molecular formula is C9H4BrCl2F3N2S. The number of alkyl halides is 3. The number of aromatic amines is 1. The summed E-state index contributed by atoms with van der Waals surface area (Å²) in [6.45, 7) is 1.67. The van der Waals surface area contributed by atoms with Crippen LogP contribution in [-0.4, -0.2) is 9.97 Å². The lowest BCUT2D eigenvalue weighted by Gasteiger charge is -2.02. The Hall–Kier alpha value is -0.240. The van der Waals surface area contributed by atoms with Crippen molar-refractivity contribution in [3.8, 4) is 11.4 Å². The maximum Gasteiger partial charge on any atom is 0.433 e. The molecular weight excluding hydrogens is 376 g/mol. The topological polar surface area (TPSA) is 28.7 Å². The third kappa shape index (κ3) is 2.41. The number of H-pyrrole nitrogens is 1. The molecule has 0 spiro atoms. The number of hydrogen-bond donors (Lipinski definition) is 1. The molecule has 9 heteroatoms. The minimum atomic E-state index is -4.51. The highest BCUT2D eigenvalue weighted by atomic mass is 79.9. The van der Waals surface area contributed by atoms with Crippen LogP contribution in [0.2, 0.25) is 8.67 Å². The molecule has 18 heavy (non-hydrogen) atoms. The minimum absolute atomic E-state index is 0.0415. The third-order valence-corrected chi connectivity index (χ3v) is 4.60. The van der Waals surface area contributed by atoms with Gasteiger partial charge in [-0.3, -0.25) is 0 Å². The number of imidazole rings is 1. The average Bonchev–Trinajstić information content (AvgIpc) is 2.69. The SMILES string of the molecule is Cc1c(Cl)sc(Cl)c1-c1nc(Br)c(C(F)(F)F)[nH]1. The third-order valence-electron chi connectivity index (χ3n) is 2.23. The van der Waals surface area contributed by atoms with E-state index in [2.05, 4.69) is 25.9 Å². The molecule has 0 aromatic carbocycles. The van der Waals surface area contributed by atoms with Crippen molar-refractivity contribution in [2.45, 2.75) is 13.1 Å². The highest BCUT2D eigenvalue weighted by Crippen LogP contribution is 2.43. The summed E-state index contributed by atoms with van der Waals surface area (Å²) in [6, 6.07) is 0. The summed E-state index contributed by atoms with van der Waals surface area (Å²) in [7, 11) is 0. The second-order valence-electron chi connectivity index (χ2n) is 3.40. The van der Waals surface area contributed by atoms with E-state index < -0.39 is 11.9 Å². The Morgan fingerprint density at radius 1 is 1.28 bits per heavy atom. The first-order valence-corrected chi connectivity index (χ1v) is 6.85. The molecule has 0 fully saturated rings. The van der Waals surface area contributed by atoms with E-state index in [4.69, 9.17) is 23.2 Å². The van der Waals surface area contributed by atoms with Crippen LogP contribution in [0.3, 0.4) is 0 Å². The van der Waals surface area contributed by atoms with E-state index in [1.165, 1.54) is 0 Å². The molecule has 2 aromatic rings. The highest BCUT2D eigenvalue weighted by molar-refractivity contribution is 9.10. The van der Waals surface area contributed by atoms with Crippen LogP contribution in [0.25, 0.3) is 11.4 Å². The van der Waals surface area contributed by atoms with Gasteiger partial charge in [0.2, 0.25) is 0 Å². The highest BCUT2D eigenvalue weighted by Gasteiger charge is 2.36. The lowest BCUT2D eigenvalue weighted by atomic mass is 10.2. The zero-order valence-corrected chi connectivity index (χ0v) is 12.5. The Labute approximate surface area is 122 Å². The monoisotopic (exact) mass is 378 g/mol. The quantitative estimate of drug-likeness (QED) is 0.692. The van der Waals surface area contributed by atoms with Crippen molar-refractivity contribution in [2.24, 2.45) is 0 Å². The molecule has 0 saturated heterocycles. The number of nitrogens with zero attached hydrogens (tertiary/aromatic N) is 1. The molecule has 2 nitrogen and oxygen atoms in total. The molecule has 2 rings (SSSR count). The van der Waals surface area contributed by atoms with Gasteiger partial charge >= 0.3 is 6.18 Å². The van der Waals surface area contributed by atoms with E-state index in [1.54, 1.807) is 6.92 Å². The summed E-state index contributed by atoms with van der Waals surface area (Å²) in [5, 5.41) is 0. The normalized spacial score (nSPS) is 12.2. The molecule has 0 aliphatic carbocycles. The van der Waals surface area contributed by atoms with Crippen molar-refractivity contribution >= 4 is 50.5 Å². The zero-order valence-electron chi connectivity index (χ0n) is 8.62. The van der Waals surface area contributed by atoms with Crippen molar-refractivity contribution < 1.29 is 13.2 Å². The van der Waals surface area contributed by atoms with Gasteiger partial charge in [0, 0.05) is 0 Å². The lowest BCUT2D eigenvalue weighted by Crippen LogP contribution is -2.06. The zero-order chi connectivity index (χ0) is 13.7. The minimum Gasteiger partial charge on any atom is -0.333 e. The van der Waals surface area contributed by atoms with Crippen LogP contribution in [-0.2, 0) is 6.18 Å². The van der Waals surface area contributed by atoms with Gasteiger partial charge in [0.15, 0.2) is 5.69 Å². The molecule has 1 N–H and O–H groups in total. The van der Waals surface area contributed by atoms with Gasteiger partial charge < -0.3 is 4.98 Å². The van der Waals surface area contributed by atoms with Gasteiger partial charge in [0.25, 0.3) is 0 Å². The Morgan fingerprint density at radius 2 is 1.89 bits per heavy atom. The van der Waals surface area contributed by atoms with Crippen LogP contribution in [0.1, 0.15) is 11.3 Å². The van der Waals surface area contributed by atoms with Crippen LogP contribution >= 0.6 is 50.5 Å². The van der Waals surface area contributed by atoms with Gasteiger partial charge in [-0.2, -0.15) is 13.2 Å². The van der Waals surface area contributed by atoms with Gasteiger partial charge in [-0.15, -0.1) is 11.3 Å². The van der Waals surface area contributed by atoms with E-state index in [0.717, 1.165) is 11.3 Å². The van der Waals surface area contributed by atoms with Gasteiger partial charge in [-0.1, -0.05) is 23.2 Å². The fraction of sp³-hybridized carbons (Fsp3) is 0.222. The first-order valence-electron chi connectivity index (χ1n) is 4.49. The Morgan fingerprint density at radius 3 is 2.28 bits per heavy atom. The number of halogens is 6. The fourth-order valence-corrected chi connectivity index (χ4v) is 3.55. The molecule has 2 aromatic heterocycles. The summed E-state index contributed by atoms with van der Waals surface area (Å²) in [4.78, 5) is 6.00. The first-order chi connectivity index (χ1) is 8.21. The summed E-state index contributed by atoms with van der Waals surface area (Å²) in [6.07, 6.45) is -4.51. The van der Waals surface area contributed by atoms with Gasteiger partial charge in [0.05, 0.1) is 9.90 Å². The van der Waals surface area contributed by atoms with Gasteiger partial charge in [0.1, 0.15) is 14.8 Å². The van der Waals surface area contributed by atoms with Crippen LogP contribution in [0.4, 0.5) is 13.2 Å². The van der Waals surface area contributed by atoms with Crippen LogP contribution < -0.4 is 0 Å². The maximum absolute atomic E-state index is 12.6. The van der Waals surface area contributed by atoms with Gasteiger partial charge in [-0.05, 0) is 28.4 Å². The largest absolute Gasteiger partial charge is 0.433 e. The Balaban J connectivity index is 2.60. The molecule has 0 unspecified atom stereocenters. The number of rotatable bonds is 1. The van der Waals surface area contributed by atoms with E-state index in [1.807, 2.05) is 0 Å². The van der Waals surface area contributed by atoms with Crippen LogP contribution in [0.5, 0.6) is 0 Å². The second kappa shape index (κ2) is 4.70. The first kappa shape index (κ1) is 14.2. The van der Waals surface area contributed by atoms with E-state index in [9.17, 15) is 13.2 Å². The number of thiophene rings is 1. The molecule has 0 saturated carbocycles. The molecule has 0 aliphatic heterocycles. The molecule has 98 valence electrons. The second-order valence-corrected chi connectivity index (χ2v) is 6.37. The molecule has 2 heterocycles. The van der Waals surface area contributed by atoms with Crippen LogP contribution in [0.15, 0.2) is 4.60 Å². The van der Waals surface area contributed by atoms with Crippen molar-refractivity contribution in [3.05, 3.63) is 24.5 Å². The van der Waals surface area contributed by atoms with Crippen molar-refractivity contribution in [1.82, 2.24) is 9.97 Å². The van der Waals surface area contributed by atoms with E-state index in [0.29, 0.717) is 19.8 Å². The fourth-order valence-electron chi connectivity index (χ4n) is 1.38. The average molecular weight is 380 g/mol. The standard InChI is InChI=1S/C9H4BrCl2F3N2S/c1-2-3(7(12)18-6(2)11)8-16-4(5(10)17-8)9(13,14)15/h1H3,(H,16,17). The predicted octanol–water partition coefficient (Wildman–Crippen LogP) is 5.53. The number of nitrogens with one attached hydrogen (secondary N) is 1. The molecule has 0 bridgehead atoms. The predicted molar refractivity (Wildman–Crippen MR) is 69.4 cm³/mol. The molecule has 0 radical (unpaired) electrons. The number of hydrogen-bond acceptors (Lipinski definition) is 2.